The molecular weight excluding hydrogens is 787 g/mol. The van der Waals surface area contributed by atoms with Gasteiger partial charge in [-0.05, 0) is 140 Å². The van der Waals surface area contributed by atoms with E-state index in [9.17, 15) is 0 Å². The van der Waals surface area contributed by atoms with Crippen molar-refractivity contribution in [3.63, 3.8) is 0 Å². The highest BCUT2D eigenvalue weighted by atomic mass is 15.1. The third kappa shape index (κ3) is 6.28. The van der Waals surface area contributed by atoms with E-state index in [0.29, 0.717) is 0 Å². The number of rotatable bonds is 3. The second-order valence-corrected chi connectivity index (χ2v) is 24.5. The molecule has 0 saturated heterocycles. The van der Waals surface area contributed by atoms with E-state index in [1.165, 1.54) is 104 Å². The van der Waals surface area contributed by atoms with Crippen molar-refractivity contribution >= 4 is 93.3 Å². The van der Waals surface area contributed by atoms with Crippen LogP contribution in [0.2, 0.25) is 0 Å². The van der Waals surface area contributed by atoms with Gasteiger partial charge in [0.2, 0.25) is 0 Å². The van der Waals surface area contributed by atoms with Crippen LogP contribution in [0.5, 0.6) is 0 Å². The van der Waals surface area contributed by atoms with Gasteiger partial charge in [-0.2, -0.15) is 0 Å². The molecule has 65 heavy (non-hydrogen) atoms. The Hall–Kier alpha value is -6.06. The molecule has 0 saturated carbocycles. The second-order valence-electron chi connectivity index (χ2n) is 24.5. The molecule has 0 aliphatic carbocycles. The van der Waals surface area contributed by atoms with Crippen LogP contribution in [-0.4, -0.2) is 8.80 Å². The number of anilines is 3. The molecule has 0 atom stereocenters. The van der Waals surface area contributed by atoms with Crippen molar-refractivity contribution in [2.24, 2.45) is 0 Å². The molecule has 4 aromatic heterocycles. The summed E-state index contributed by atoms with van der Waals surface area (Å²) in [7, 11) is 0. The van der Waals surface area contributed by atoms with E-state index in [1.807, 2.05) is 0 Å². The Balaban J connectivity index is 1.24. The summed E-state index contributed by atoms with van der Waals surface area (Å²) >= 11 is 0. The first-order chi connectivity index (χ1) is 30.4. The number of fused-ring (bicyclic) bond motifs is 12. The van der Waals surface area contributed by atoms with E-state index in [2.05, 4.69) is 239 Å². The molecule has 0 fully saturated rings. The Kier molecular flexibility index (Phi) is 8.50. The predicted molar refractivity (Wildman–Crippen MR) is 284 cm³/mol. The quantitative estimate of drug-likeness (QED) is 0.172. The van der Waals surface area contributed by atoms with Crippen LogP contribution in [-0.2, 0) is 27.1 Å². The summed E-state index contributed by atoms with van der Waals surface area (Å²) < 4.78 is 5.18. The smallest absolute Gasteiger partial charge is 0.0620 e. The molecule has 0 radical (unpaired) electrons. The van der Waals surface area contributed by atoms with E-state index < -0.39 is 0 Å². The third-order valence-corrected chi connectivity index (χ3v) is 14.7. The molecule has 4 heterocycles. The van der Waals surface area contributed by atoms with Gasteiger partial charge < -0.3 is 13.7 Å². The number of hydrogen-bond acceptors (Lipinski definition) is 1. The summed E-state index contributed by atoms with van der Waals surface area (Å²) in [6.07, 6.45) is 0. The maximum Gasteiger partial charge on any atom is 0.0620 e. The normalized spacial score (nSPS) is 13.8. The van der Waals surface area contributed by atoms with Gasteiger partial charge in [-0.25, -0.2) is 0 Å². The lowest BCUT2D eigenvalue weighted by Gasteiger charge is -2.28. The van der Waals surface area contributed by atoms with Crippen molar-refractivity contribution in [1.29, 1.82) is 0 Å². The zero-order valence-corrected chi connectivity index (χ0v) is 41.4. The van der Waals surface area contributed by atoms with Crippen LogP contribution in [0.3, 0.4) is 0 Å². The van der Waals surface area contributed by atoms with Crippen LogP contribution in [0.15, 0.2) is 121 Å². The molecule has 0 aliphatic heterocycles. The van der Waals surface area contributed by atoms with Gasteiger partial charge in [0.15, 0.2) is 0 Å². The molecule has 328 valence electrons. The SMILES string of the molecule is CC(C)(C)c1ccc(N(c2ccc(C(C)(C)C)cc2)c2ccc3c4cc(C(C)(C)C)cc5c6cc7c(cc6n(c3c2)c45)c2cc(C(C)(C)C)cc3c4cc(C(C)(C)C)ccc4n7c32)cc1. The summed E-state index contributed by atoms with van der Waals surface area (Å²) in [6, 6.07) is 47.8. The average molecular weight is 852 g/mol. The molecule has 0 N–H and O–H groups in total. The molecule has 0 aliphatic rings. The third-order valence-electron chi connectivity index (χ3n) is 14.7. The molecule has 0 bridgehead atoms. The lowest BCUT2D eigenvalue weighted by molar-refractivity contribution is 0.590. The Morgan fingerprint density at radius 1 is 0.262 bits per heavy atom. The van der Waals surface area contributed by atoms with Crippen LogP contribution >= 0.6 is 0 Å². The fraction of sp³-hybridized carbons (Fsp3) is 0.323. The number of aromatic nitrogens is 2. The van der Waals surface area contributed by atoms with Crippen molar-refractivity contribution in [3.8, 4) is 0 Å². The largest absolute Gasteiger partial charge is 0.310 e. The second kappa shape index (κ2) is 13.3. The van der Waals surface area contributed by atoms with Crippen LogP contribution in [0.1, 0.15) is 132 Å². The number of hydrogen-bond donors (Lipinski definition) is 0. The monoisotopic (exact) mass is 852 g/mol. The minimum absolute atomic E-state index is 0.00890. The first-order valence-corrected chi connectivity index (χ1v) is 23.8. The van der Waals surface area contributed by atoms with Crippen LogP contribution in [0.25, 0.3) is 76.2 Å². The average Bonchev–Trinajstić information content (AvgIpc) is 3.94. The predicted octanol–water partition coefficient (Wildman–Crippen LogP) is 17.9. The van der Waals surface area contributed by atoms with Gasteiger partial charge in [0.25, 0.3) is 0 Å². The highest BCUT2D eigenvalue weighted by Crippen LogP contribution is 2.48. The van der Waals surface area contributed by atoms with Gasteiger partial charge >= 0.3 is 0 Å². The molecule has 3 nitrogen and oxygen atoms in total. The van der Waals surface area contributed by atoms with Gasteiger partial charge in [0.1, 0.15) is 0 Å². The fourth-order valence-corrected chi connectivity index (χ4v) is 10.7. The van der Waals surface area contributed by atoms with Crippen LogP contribution in [0.4, 0.5) is 17.1 Å². The molecule has 11 aromatic rings. The zero-order chi connectivity index (χ0) is 46.1. The van der Waals surface area contributed by atoms with E-state index in [4.69, 9.17) is 0 Å². The van der Waals surface area contributed by atoms with E-state index in [0.717, 1.165) is 17.1 Å². The molecule has 7 aromatic carbocycles. The minimum Gasteiger partial charge on any atom is -0.310 e. The Morgan fingerprint density at radius 2 is 0.585 bits per heavy atom. The summed E-state index contributed by atoms with van der Waals surface area (Å²) in [6.45, 7) is 34.8. The van der Waals surface area contributed by atoms with Crippen LogP contribution in [0, 0.1) is 0 Å². The van der Waals surface area contributed by atoms with Crippen molar-refractivity contribution in [3.05, 3.63) is 149 Å². The highest BCUT2D eigenvalue weighted by Gasteiger charge is 2.28. The summed E-state index contributed by atoms with van der Waals surface area (Å²) in [4.78, 5) is 2.45. The minimum atomic E-state index is -0.0269. The summed E-state index contributed by atoms with van der Waals surface area (Å²) in [5, 5.41) is 10.6. The topological polar surface area (TPSA) is 12.1 Å². The molecule has 0 spiro atoms. The van der Waals surface area contributed by atoms with Crippen LogP contribution < -0.4 is 4.90 Å². The molecule has 3 heteroatoms. The van der Waals surface area contributed by atoms with Crippen molar-refractivity contribution in [2.45, 2.75) is 131 Å². The number of nitrogens with zero attached hydrogens (tertiary/aromatic N) is 3. The van der Waals surface area contributed by atoms with E-state index in [-0.39, 0.29) is 27.1 Å². The van der Waals surface area contributed by atoms with Gasteiger partial charge in [-0.1, -0.05) is 140 Å². The standard InChI is InChI=1S/C62H65N3/c1-58(2,3)36-16-21-41(22-17-36)63(42-23-18-37(19-24-42)59(4,5)6)43-25-26-44-48-29-39(61(10,11)12)31-50-47-34-54-46(35-55(47)65(56(48)50)53(44)33-43)51-32-40(62(13,14)15)30-49-45-28-38(60(7,8)9)20-27-52(45)64(54)57(49)51/h16-35H,1-15H3. The molecular formula is C62H65N3. The lowest BCUT2D eigenvalue weighted by Crippen LogP contribution is -2.14. The maximum atomic E-state index is 2.60. The molecule has 0 amide bonds. The van der Waals surface area contributed by atoms with Gasteiger partial charge in [0.05, 0.1) is 33.1 Å². The molecule has 11 rings (SSSR count). The summed E-state index contributed by atoms with van der Waals surface area (Å²) in [5.74, 6) is 0. The maximum absolute atomic E-state index is 2.60. The van der Waals surface area contributed by atoms with Crippen molar-refractivity contribution in [1.82, 2.24) is 8.80 Å². The Morgan fingerprint density at radius 3 is 1.00 bits per heavy atom. The van der Waals surface area contributed by atoms with Gasteiger partial charge in [-0.3, -0.25) is 0 Å². The lowest BCUT2D eigenvalue weighted by atomic mass is 9.84. The first-order valence-electron chi connectivity index (χ1n) is 23.8. The van der Waals surface area contributed by atoms with Gasteiger partial charge in [-0.15, -0.1) is 0 Å². The fourth-order valence-electron chi connectivity index (χ4n) is 10.7. The van der Waals surface area contributed by atoms with E-state index >= 15 is 0 Å². The molecule has 0 unspecified atom stereocenters. The van der Waals surface area contributed by atoms with Crippen molar-refractivity contribution in [2.75, 3.05) is 4.90 Å². The zero-order valence-electron chi connectivity index (χ0n) is 41.4. The Labute approximate surface area is 385 Å². The van der Waals surface area contributed by atoms with Gasteiger partial charge in [0, 0.05) is 60.2 Å². The summed E-state index contributed by atoms with van der Waals surface area (Å²) in [5.41, 5.74) is 18.1. The Bertz CT molecular complexity index is 3630. The van der Waals surface area contributed by atoms with Crippen molar-refractivity contribution < 1.29 is 0 Å². The number of benzene rings is 7. The first kappa shape index (κ1) is 41.6. The van der Waals surface area contributed by atoms with E-state index in [1.54, 1.807) is 0 Å². The highest BCUT2D eigenvalue weighted by molar-refractivity contribution is 6.29.